The van der Waals surface area contributed by atoms with E-state index < -0.39 is 0 Å². The zero-order chi connectivity index (χ0) is 11.0. The molecule has 15 heavy (non-hydrogen) atoms. The van der Waals surface area contributed by atoms with Crippen LogP contribution in [0.2, 0.25) is 0 Å². The van der Waals surface area contributed by atoms with Crippen LogP contribution >= 0.6 is 0 Å². The Balaban J connectivity index is 2.98. The Morgan fingerprint density at radius 1 is 0.867 bits per heavy atom. The van der Waals surface area contributed by atoms with Gasteiger partial charge in [-0.15, -0.1) is 0 Å². The van der Waals surface area contributed by atoms with Crippen LogP contribution in [0.5, 0.6) is 0 Å². The van der Waals surface area contributed by atoms with Gasteiger partial charge in [-0.2, -0.15) is 0 Å². The second-order valence-corrected chi connectivity index (χ2v) is 6.39. The van der Waals surface area contributed by atoms with Crippen LogP contribution < -0.4 is 5.19 Å². The van der Waals surface area contributed by atoms with E-state index in [1.165, 1.54) is 27.5 Å². The molecule has 0 amide bonds. The van der Waals surface area contributed by atoms with Gasteiger partial charge in [0.2, 0.25) is 0 Å². The molecular weight excluding hydrogens is 236 g/mol. The molecule has 0 N–H and O–H groups in total. The van der Waals surface area contributed by atoms with Crippen LogP contribution in [0.1, 0.15) is 16.7 Å². The molecule has 0 bridgehead atoms. The molecule has 2 aromatic carbocycles. The third-order valence-corrected chi connectivity index (χ3v) is 5.93. The SMILES string of the molecule is Cc1c(C)c([SiH2][Cr])c2ccccc2c1C. The molecule has 0 aromatic heterocycles. The molecule has 0 aliphatic rings. The predicted octanol–water partition coefficient (Wildman–Crippen LogP) is 2.02. The molecule has 0 atom stereocenters. The minimum atomic E-state index is -0.222. The van der Waals surface area contributed by atoms with Crippen molar-refractivity contribution in [2.24, 2.45) is 0 Å². The van der Waals surface area contributed by atoms with Crippen molar-refractivity contribution in [3.05, 3.63) is 41.0 Å². The van der Waals surface area contributed by atoms with Crippen molar-refractivity contribution < 1.29 is 15.6 Å². The Bertz CT molecular complexity index is 517. The molecular formula is C13H15CrSi. The van der Waals surface area contributed by atoms with E-state index in [1.54, 1.807) is 5.19 Å². The van der Waals surface area contributed by atoms with Gasteiger partial charge in [0.25, 0.3) is 0 Å². The molecule has 0 nitrogen and oxygen atoms in total. The second kappa shape index (κ2) is 4.14. The van der Waals surface area contributed by atoms with Gasteiger partial charge in [-0.3, -0.25) is 0 Å². The maximum atomic E-state index is 3.28. The number of rotatable bonds is 1. The average Bonchev–Trinajstić information content (AvgIpc) is 2.27. The van der Waals surface area contributed by atoms with Crippen LogP contribution in [-0.4, -0.2) is 8.08 Å². The van der Waals surface area contributed by atoms with E-state index in [0.717, 1.165) is 0 Å². The van der Waals surface area contributed by atoms with Gasteiger partial charge < -0.3 is 0 Å². The molecule has 0 aliphatic carbocycles. The summed E-state index contributed by atoms with van der Waals surface area (Å²) in [6.07, 6.45) is 0. The van der Waals surface area contributed by atoms with Crippen LogP contribution in [0.15, 0.2) is 24.3 Å². The Hall–Kier alpha value is -0.551. The number of hydrogen-bond acceptors (Lipinski definition) is 0. The second-order valence-electron chi connectivity index (χ2n) is 4.04. The number of hydrogen-bond donors (Lipinski definition) is 0. The topological polar surface area (TPSA) is 0 Å². The molecule has 77 valence electrons. The Morgan fingerprint density at radius 3 is 2.07 bits per heavy atom. The summed E-state index contributed by atoms with van der Waals surface area (Å²) < 4.78 is 0. The zero-order valence-electron chi connectivity index (χ0n) is 9.42. The van der Waals surface area contributed by atoms with E-state index in [4.69, 9.17) is 0 Å². The third-order valence-electron chi connectivity index (χ3n) is 3.38. The van der Waals surface area contributed by atoms with Gasteiger partial charge in [-0.25, -0.2) is 0 Å². The molecule has 0 fully saturated rings. The van der Waals surface area contributed by atoms with E-state index >= 15 is 0 Å². The summed E-state index contributed by atoms with van der Waals surface area (Å²) in [5.74, 6) is 0. The quantitative estimate of drug-likeness (QED) is 0.680. The van der Waals surface area contributed by atoms with Crippen LogP contribution in [0, 0.1) is 20.8 Å². The summed E-state index contributed by atoms with van der Waals surface area (Å²) in [6, 6.07) is 8.78. The normalized spacial score (nSPS) is 11.7. The number of fused-ring (bicyclic) bond motifs is 1. The fraction of sp³-hybridized carbons (Fsp3) is 0.231. The molecule has 0 radical (unpaired) electrons. The molecule has 0 aliphatic heterocycles. The zero-order valence-corrected chi connectivity index (χ0v) is 12.1. The molecule has 2 aromatic rings. The van der Waals surface area contributed by atoms with Crippen molar-refractivity contribution in [3.63, 3.8) is 0 Å². The Morgan fingerprint density at radius 2 is 1.47 bits per heavy atom. The van der Waals surface area contributed by atoms with E-state index in [-0.39, 0.29) is 8.08 Å². The first kappa shape index (κ1) is 11.0. The van der Waals surface area contributed by atoms with E-state index in [2.05, 4.69) is 60.7 Å². The van der Waals surface area contributed by atoms with Crippen molar-refractivity contribution in [1.29, 1.82) is 0 Å². The van der Waals surface area contributed by atoms with Gasteiger partial charge in [0.1, 0.15) is 0 Å². The van der Waals surface area contributed by atoms with E-state index in [1.807, 2.05) is 0 Å². The van der Waals surface area contributed by atoms with Crippen LogP contribution in [0.4, 0.5) is 0 Å². The summed E-state index contributed by atoms with van der Waals surface area (Å²) in [5, 5.41) is 4.48. The molecule has 0 saturated carbocycles. The van der Waals surface area contributed by atoms with Crippen molar-refractivity contribution in [2.45, 2.75) is 20.8 Å². The summed E-state index contributed by atoms with van der Waals surface area (Å²) in [6.45, 7) is 6.73. The summed E-state index contributed by atoms with van der Waals surface area (Å²) in [5.41, 5.74) is 4.40. The summed E-state index contributed by atoms with van der Waals surface area (Å²) in [7, 11) is -0.222. The molecule has 0 saturated heterocycles. The molecule has 0 unspecified atom stereocenters. The number of aryl methyl sites for hydroxylation is 1. The molecule has 0 spiro atoms. The van der Waals surface area contributed by atoms with Crippen molar-refractivity contribution in [1.82, 2.24) is 0 Å². The fourth-order valence-electron chi connectivity index (χ4n) is 2.17. The van der Waals surface area contributed by atoms with Gasteiger partial charge in [0.05, 0.1) is 0 Å². The van der Waals surface area contributed by atoms with Crippen molar-refractivity contribution in [3.8, 4) is 0 Å². The minimum absolute atomic E-state index is 0.222. The first-order valence-electron chi connectivity index (χ1n) is 5.22. The van der Waals surface area contributed by atoms with Gasteiger partial charge in [0.15, 0.2) is 0 Å². The van der Waals surface area contributed by atoms with Gasteiger partial charge >= 0.3 is 101 Å². The molecule has 2 rings (SSSR count). The van der Waals surface area contributed by atoms with Crippen LogP contribution in [0.25, 0.3) is 10.8 Å². The maximum absolute atomic E-state index is 3.28. The standard InChI is InChI=1S/C13H15Si.Cr/c1-8-9(2)11-6-4-5-7-12(11)13(14)10(8)3;/h4-7H,14H2,1-3H3;. The summed E-state index contributed by atoms with van der Waals surface area (Å²) >= 11 is 3.28. The summed E-state index contributed by atoms with van der Waals surface area (Å²) in [4.78, 5) is 0. The number of benzene rings is 2. The molecule has 2 heteroatoms. The Labute approximate surface area is 101 Å². The van der Waals surface area contributed by atoms with Crippen molar-refractivity contribution >= 4 is 24.0 Å². The predicted molar refractivity (Wildman–Crippen MR) is 66.3 cm³/mol. The third kappa shape index (κ3) is 1.67. The van der Waals surface area contributed by atoms with Crippen molar-refractivity contribution in [2.75, 3.05) is 0 Å². The van der Waals surface area contributed by atoms with Crippen LogP contribution in [-0.2, 0) is 15.6 Å². The van der Waals surface area contributed by atoms with Crippen LogP contribution in [0.3, 0.4) is 0 Å². The van der Waals surface area contributed by atoms with Gasteiger partial charge in [-0.1, -0.05) is 0 Å². The van der Waals surface area contributed by atoms with Gasteiger partial charge in [0, 0.05) is 0 Å². The van der Waals surface area contributed by atoms with E-state index in [9.17, 15) is 0 Å². The monoisotopic (exact) mass is 251 g/mol. The Kier molecular flexibility index (Phi) is 3.02. The van der Waals surface area contributed by atoms with Gasteiger partial charge in [-0.05, 0) is 0 Å². The average molecular weight is 251 g/mol. The van der Waals surface area contributed by atoms with E-state index in [0.29, 0.717) is 0 Å². The first-order chi connectivity index (χ1) is 7.16. The first-order valence-corrected chi connectivity index (χ1v) is 9.21. The molecule has 0 heterocycles. The fourth-order valence-corrected chi connectivity index (χ4v) is 4.86.